The number of carbonyl (C=O) groups excluding carboxylic acids is 1. The Morgan fingerprint density at radius 3 is 2.19 bits per heavy atom. The number of amides is 1. The lowest BCUT2D eigenvalue weighted by atomic mass is 10.1. The molecule has 2 rings (SSSR count). The van der Waals surface area contributed by atoms with Gasteiger partial charge in [0.25, 0.3) is 0 Å². The predicted octanol–water partition coefficient (Wildman–Crippen LogP) is 1.73. The molecule has 2 aromatic rings. The number of aromatic hydroxyl groups is 1. The van der Waals surface area contributed by atoms with Gasteiger partial charge in [0.15, 0.2) is 0 Å². The van der Waals surface area contributed by atoms with E-state index < -0.39 is 27.6 Å². The number of nitrogens with one attached hydrogen (secondary N) is 2. The van der Waals surface area contributed by atoms with Crippen molar-refractivity contribution in [1.29, 1.82) is 0 Å². The standard InChI is InChI=1S/C17H18N2O7S/c1-9-6-11(19-16(21)17(22)23)7-10(2)15(9)26-12-4-5-13(20)14(8-12)27(24,25)18-3/h4-8,18,20H,1-3H3,(H,19,21)(H,22,23). The number of carboxylic acid groups (broad SMARTS) is 1. The highest BCUT2D eigenvalue weighted by atomic mass is 32.2. The smallest absolute Gasteiger partial charge is 0.394 e. The summed E-state index contributed by atoms with van der Waals surface area (Å²) in [6.45, 7) is 3.37. The minimum Gasteiger partial charge on any atom is -0.507 e. The quantitative estimate of drug-likeness (QED) is 0.566. The van der Waals surface area contributed by atoms with Crippen LogP contribution in [0.2, 0.25) is 0 Å². The molecule has 2 aromatic carbocycles. The Morgan fingerprint density at radius 1 is 1.07 bits per heavy atom. The molecule has 10 heteroatoms. The molecule has 9 nitrogen and oxygen atoms in total. The van der Waals surface area contributed by atoms with E-state index in [1.807, 2.05) is 0 Å². The average Bonchev–Trinajstić information content (AvgIpc) is 2.59. The van der Waals surface area contributed by atoms with Gasteiger partial charge in [-0.05, 0) is 56.3 Å². The van der Waals surface area contributed by atoms with Crippen LogP contribution in [0.15, 0.2) is 35.2 Å². The van der Waals surface area contributed by atoms with Gasteiger partial charge in [0.1, 0.15) is 22.1 Å². The first-order valence-corrected chi connectivity index (χ1v) is 9.13. The van der Waals surface area contributed by atoms with Gasteiger partial charge in [0, 0.05) is 11.8 Å². The molecule has 0 spiro atoms. The second-order valence-corrected chi connectivity index (χ2v) is 7.49. The number of rotatable bonds is 5. The van der Waals surface area contributed by atoms with Gasteiger partial charge in [-0.15, -0.1) is 0 Å². The lowest BCUT2D eigenvalue weighted by molar-refractivity contribution is -0.147. The molecular formula is C17H18N2O7S. The molecule has 0 saturated carbocycles. The summed E-state index contributed by atoms with van der Waals surface area (Å²) in [5, 5.41) is 20.7. The first-order valence-electron chi connectivity index (χ1n) is 7.65. The number of carboxylic acids is 1. The van der Waals surface area contributed by atoms with Crippen LogP contribution >= 0.6 is 0 Å². The van der Waals surface area contributed by atoms with Crippen LogP contribution in [0.3, 0.4) is 0 Å². The molecule has 0 unspecified atom stereocenters. The van der Waals surface area contributed by atoms with Crippen molar-refractivity contribution in [2.75, 3.05) is 12.4 Å². The molecule has 27 heavy (non-hydrogen) atoms. The van der Waals surface area contributed by atoms with Gasteiger partial charge in [-0.2, -0.15) is 0 Å². The van der Waals surface area contributed by atoms with E-state index >= 15 is 0 Å². The summed E-state index contributed by atoms with van der Waals surface area (Å²) in [7, 11) is -2.65. The zero-order valence-corrected chi connectivity index (χ0v) is 15.5. The first kappa shape index (κ1) is 20.2. The van der Waals surface area contributed by atoms with Crippen molar-refractivity contribution in [2.45, 2.75) is 18.7 Å². The van der Waals surface area contributed by atoms with Crippen LogP contribution in [-0.2, 0) is 19.6 Å². The number of hydrogen-bond donors (Lipinski definition) is 4. The summed E-state index contributed by atoms with van der Waals surface area (Å²) in [5.74, 6) is -2.61. The van der Waals surface area contributed by atoms with Gasteiger partial charge in [0.2, 0.25) is 10.0 Å². The number of anilines is 1. The van der Waals surface area contributed by atoms with Gasteiger partial charge in [-0.25, -0.2) is 17.9 Å². The zero-order valence-electron chi connectivity index (χ0n) is 14.7. The number of aliphatic carboxylic acids is 1. The third-order valence-corrected chi connectivity index (χ3v) is 5.07. The molecule has 144 valence electrons. The largest absolute Gasteiger partial charge is 0.507 e. The van der Waals surface area contributed by atoms with E-state index in [2.05, 4.69) is 10.0 Å². The molecule has 0 atom stereocenters. The molecule has 0 bridgehead atoms. The third kappa shape index (κ3) is 4.54. The highest BCUT2D eigenvalue weighted by Crippen LogP contribution is 2.34. The van der Waals surface area contributed by atoms with Crippen molar-refractivity contribution in [3.63, 3.8) is 0 Å². The normalized spacial score (nSPS) is 11.1. The average molecular weight is 394 g/mol. The van der Waals surface area contributed by atoms with E-state index in [1.54, 1.807) is 13.8 Å². The topological polar surface area (TPSA) is 142 Å². The lowest BCUT2D eigenvalue weighted by Gasteiger charge is -2.15. The second kappa shape index (κ2) is 7.64. The van der Waals surface area contributed by atoms with Gasteiger partial charge in [0.05, 0.1) is 0 Å². The van der Waals surface area contributed by atoms with Gasteiger partial charge in [-0.3, -0.25) is 4.79 Å². The Hall–Kier alpha value is -3.11. The number of aryl methyl sites for hydroxylation is 2. The van der Waals surface area contributed by atoms with Crippen molar-refractivity contribution in [1.82, 2.24) is 4.72 Å². The highest BCUT2D eigenvalue weighted by molar-refractivity contribution is 7.89. The van der Waals surface area contributed by atoms with Crippen LogP contribution in [0.1, 0.15) is 11.1 Å². The third-order valence-electron chi connectivity index (χ3n) is 3.62. The number of phenolic OH excluding ortho intramolecular Hbond substituents is 1. The summed E-state index contributed by atoms with van der Waals surface area (Å²) in [5.41, 5.74) is 1.46. The maximum absolute atomic E-state index is 11.9. The van der Waals surface area contributed by atoms with Crippen molar-refractivity contribution in [2.24, 2.45) is 0 Å². The molecule has 0 fully saturated rings. The van der Waals surface area contributed by atoms with E-state index in [0.717, 1.165) is 0 Å². The molecule has 0 aliphatic rings. The fourth-order valence-corrected chi connectivity index (χ4v) is 3.20. The fourth-order valence-electron chi connectivity index (χ4n) is 2.37. The van der Waals surface area contributed by atoms with Crippen LogP contribution in [-0.4, -0.2) is 37.6 Å². The molecule has 0 aliphatic heterocycles. The Balaban J connectivity index is 2.37. The molecule has 0 aliphatic carbocycles. The van der Waals surface area contributed by atoms with Crippen molar-refractivity contribution < 1.29 is 33.0 Å². The van der Waals surface area contributed by atoms with Gasteiger partial charge >= 0.3 is 11.9 Å². The molecular weight excluding hydrogens is 376 g/mol. The van der Waals surface area contributed by atoms with Crippen LogP contribution < -0.4 is 14.8 Å². The highest BCUT2D eigenvalue weighted by Gasteiger charge is 2.19. The van der Waals surface area contributed by atoms with E-state index in [0.29, 0.717) is 16.9 Å². The van der Waals surface area contributed by atoms with E-state index in [9.17, 15) is 23.1 Å². The monoisotopic (exact) mass is 394 g/mol. The van der Waals surface area contributed by atoms with Crippen molar-refractivity contribution in [3.05, 3.63) is 41.5 Å². The minimum atomic E-state index is -3.88. The predicted molar refractivity (Wildman–Crippen MR) is 96.6 cm³/mol. The molecule has 0 saturated heterocycles. The molecule has 0 aromatic heterocycles. The SMILES string of the molecule is CNS(=O)(=O)c1cc(Oc2c(C)cc(NC(=O)C(=O)O)cc2C)ccc1O. The van der Waals surface area contributed by atoms with E-state index in [4.69, 9.17) is 9.84 Å². The van der Waals surface area contributed by atoms with Crippen LogP contribution in [0.25, 0.3) is 0 Å². The van der Waals surface area contributed by atoms with Gasteiger partial charge in [-0.1, -0.05) is 0 Å². The lowest BCUT2D eigenvalue weighted by Crippen LogP contribution is -2.21. The number of hydrogen-bond acceptors (Lipinski definition) is 6. The maximum Gasteiger partial charge on any atom is 0.394 e. The molecule has 4 N–H and O–H groups in total. The van der Waals surface area contributed by atoms with Crippen molar-refractivity contribution in [3.8, 4) is 17.2 Å². The van der Waals surface area contributed by atoms with Crippen molar-refractivity contribution >= 4 is 27.6 Å². The Bertz CT molecular complexity index is 993. The Morgan fingerprint density at radius 2 is 1.67 bits per heavy atom. The molecule has 0 heterocycles. The Labute approximate surface area is 155 Å². The van der Waals surface area contributed by atoms with Crippen LogP contribution in [0, 0.1) is 13.8 Å². The summed E-state index contributed by atoms with van der Waals surface area (Å²) in [6, 6.07) is 6.83. The van der Waals surface area contributed by atoms with Crippen LogP contribution in [0.4, 0.5) is 5.69 Å². The summed E-state index contributed by atoms with van der Waals surface area (Å²) < 4.78 is 31.8. The minimum absolute atomic E-state index is 0.176. The Kier molecular flexibility index (Phi) is 5.72. The zero-order chi connectivity index (χ0) is 20.4. The van der Waals surface area contributed by atoms with Gasteiger partial charge < -0.3 is 20.3 Å². The number of ether oxygens (including phenoxy) is 1. The fraction of sp³-hybridized carbons (Fsp3) is 0.176. The summed E-state index contributed by atoms with van der Waals surface area (Å²) >= 11 is 0. The number of sulfonamides is 1. The first-order chi connectivity index (χ1) is 12.5. The summed E-state index contributed by atoms with van der Waals surface area (Å²) in [4.78, 5) is 21.6. The second-order valence-electron chi connectivity index (χ2n) is 5.64. The number of phenols is 1. The molecule has 1 amide bonds. The maximum atomic E-state index is 11.9. The number of benzene rings is 2. The number of carbonyl (C=O) groups is 2. The van der Waals surface area contributed by atoms with Crippen LogP contribution in [0.5, 0.6) is 17.2 Å². The summed E-state index contributed by atoms with van der Waals surface area (Å²) in [6.07, 6.45) is 0. The van der Waals surface area contributed by atoms with E-state index in [-0.39, 0.29) is 16.3 Å². The van der Waals surface area contributed by atoms with E-state index in [1.165, 1.54) is 37.4 Å². The molecule has 0 radical (unpaired) electrons.